The molecule has 0 atom stereocenters. The summed E-state index contributed by atoms with van der Waals surface area (Å²) < 4.78 is 25.3. The Labute approximate surface area is 166 Å². The van der Waals surface area contributed by atoms with E-state index in [9.17, 15) is 4.39 Å². The maximum Gasteiger partial charge on any atom is 0.166 e. The van der Waals surface area contributed by atoms with Gasteiger partial charge in [-0.3, -0.25) is 0 Å². The molecular weight excluding hydrogens is 353 g/mol. The van der Waals surface area contributed by atoms with Gasteiger partial charge in [-0.2, -0.15) is 0 Å². The lowest BCUT2D eigenvalue weighted by Gasteiger charge is -2.16. The van der Waals surface area contributed by atoms with E-state index in [0.29, 0.717) is 31.9 Å². The van der Waals surface area contributed by atoms with Crippen LogP contribution in [-0.4, -0.2) is 13.7 Å². The van der Waals surface area contributed by atoms with Crippen molar-refractivity contribution in [1.82, 2.24) is 5.32 Å². The van der Waals surface area contributed by atoms with Gasteiger partial charge in [0.25, 0.3) is 0 Å². The van der Waals surface area contributed by atoms with Crippen LogP contribution in [0.25, 0.3) is 0 Å². The second-order valence-electron chi connectivity index (χ2n) is 6.74. The average molecular weight is 379 g/mol. The van der Waals surface area contributed by atoms with Crippen molar-refractivity contribution >= 4 is 0 Å². The molecule has 0 aliphatic carbocycles. The second kappa shape index (κ2) is 9.90. The van der Waals surface area contributed by atoms with Crippen LogP contribution in [-0.2, 0) is 19.6 Å². The van der Waals surface area contributed by atoms with Crippen molar-refractivity contribution < 1.29 is 13.9 Å². The van der Waals surface area contributed by atoms with Gasteiger partial charge in [-0.15, -0.1) is 0 Å². The quantitative estimate of drug-likeness (QED) is 0.528. The Balaban J connectivity index is 1.62. The maximum absolute atomic E-state index is 13.7. The van der Waals surface area contributed by atoms with Crippen LogP contribution in [0.2, 0.25) is 0 Å². The fourth-order valence-electron chi connectivity index (χ4n) is 3.01. The smallest absolute Gasteiger partial charge is 0.166 e. The molecule has 28 heavy (non-hydrogen) atoms. The first-order chi connectivity index (χ1) is 13.7. The summed E-state index contributed by atoms with van der Waals surface area (Å²) in [6.45, 7) is 3.84. The summed E-state index contributed by atoms with van der Waals surface area (Å²) in [5.74, 6) is 1.29. The van der Waals surface area contributed by atoms with E-state index in [2.05, 4.69) is 36.5 Å². The summed E-state index contributed by atoms with van der Waals surface area (Å²) in [6.07, 6.45) is 0.635. The number of aryl methyl sites for hydroxylation is 1. The predicted octanol–water partition coefficient (Wildman–Crippen LogP) is 5.05. The van der Waals surface area contributed by atoms with Crippen LogP contribution in [0.1, 0.15) is 22.3 Å². The van der Waals surface area contributed by atoms with Gasteiger partial charge in [0, 0.05) is 12.1 Å². The largest absolute Gasteiger partial charge is 0.493 e. The molecule has 0 unspecified atom stereocenters. The molecule has 0 spiro atoms. The van der Waals surface area contributed by atoms with Crippen LogP contribution in [0.15, 0.2) is 66.7 Å². The predicted molar refractivity (Wildman–Crippen MR) is 110 cm³/mol. The first-order valence-corrected chi connectivity index (χ1v) is 9.45. The minimum Gasteiger partial charge on any atom is -0.493 e. The number of para-hydroxylation sites is 1. The second-order valence-corrected chi connectivity index (χ2v) is 6.74. The van der Waals surface area contributed by atoms with Crippen LogP contribution in [0, 0.1) is 12.7 Å². The van der Waals surface area contributed by atoms with Gasteiger partial charge in [-0.25, -0.2) is 4.39 Å². The maximum atomic E-state index is 13.7. The van der Waals surface area contributed by atoms with Gasteiger partial charge in [-0.1, -0.05) is 60.2 Å². The fraction of sp³-hybridized carbons (Fsp3) is 0.250. The summed E-state index contributed by atoms with van der Waals surface area (Å²) >= 11 is 0. The molecular formula is C24H26FNO2. The molecule has 3 nitrogen and oxygen atoms in total. The van der Waals surface area contributed by atoms with Crippen LogP contribution >= 0.6 is 0 Å². The molecule has 0 aliphatic heterocycles. The third-order valence-corrected chi connectivity index (χ3v) is 4.63. The van der Waals surface area contributed by atoms with Gasteiger partial charge in [0.1, 0.15) is 12.4 Å². The molecule has 0 saturated heterocycles. The fourth-order valence-corrected chi connectivity index (χ4v) is 3.01. The highest BCUT2D eigenvalue weighted by molar-refractivity contribution is 5.46. The normalized spacial score (nSPS) is 10.7. The molecule has 3 aromatic carbocycles. The first kappa shape index (κ1) is 19.9. The van der Waals surface area contributed by atoms with E-state index in [-0.39, 0.29) is 5.82 Å². The van der Waals surface area contributed by atoms with Gasteiger partial charge in [0.2, 0.25) is 0 Å². The van der Waals surface area contributed by atoms with Crippen molar-refractivity contribution in [3.63, 3.8) is 0 Å². The van der Waals surface area contributed by atoms with Gasteiger partial charge >= 0.3 is 0 Å². The van der Waals surface area contributed by atoms with Crippen LogP contribution in [0.3, 0.4) is 0 Å². The highest BCUT2D eigenvalue weighted by Gasteiger charge is 2.11. The van der Waals surface area contributed by atoms with Crippen molar-refractivity contribution in [1.29, 1.82) is 0 Å². The number of hydrogen-bond acceptors (Lipinski definition) is 3. The van der Waals surface area contributed by atoms with E-state index in [1.54, 1.807) is 13.2 Å². The standard InChI is InChI=1S/C24H26FNO2/c1-18-10-12-19(13-11-18)17-28-24-21(7-5-9-23(24)27-2)16-26-15-14-20-6-3-4-8-22(20)25/h3-13,26H,14-17H2,1-2H3. The Bertz CT molecular complexity index is 893. The van der Waals surface area contributed by atoms with Crippen molar-refractivity contribution in [2.45, 2.75) is 26.5 Å². The summed E-state index contributed by atoms with van der Waals surface area (Å²) in [4.78, 5) is 0. The highest BCUT2D eigenvalue weighted by Crippen LogP contribution is 2.31. The van der Waals surface area contributed by atoms with Crippen molar-refractivity contribution in [3.8, 4) is 11.5 Å². The first-order valence-electron chi connectivity index (χ1n) is 9.45. The Hall–Kier alpha value is -2.85. The van der Waals surface area contributed by atoms with E-state index < -0.39 is 0 Å². The molecule has 4 heteroatoms. The van der Waals surface area contributed by atoms with Gasteiger partial charge in [0.15, 0.2) is 11.5 Å². The summed E-state index contributed by atoms with van der Waals surface area (Å²) in [6, 6.07) is 21.0. The highest BCUT2D eigenvalue weighted by atomic mass is 19.1. The topological polar surface area (TPSA) is 30.5 Å². The minimum atomic E-state index is -0.159. The number of methoxy groups -OCH3 is 1. The van der Waals surface area contributed by atoms with Crippen LogP contribution < -0.4 is 14.8 Å². The number of halogens is 1. The lowest BCUT2D eigenvalue weighted by atomic mass is 10.1. The molecule has 3 rings (SSSR count). The molecule has 0 fully saturated rings. The van der Waals surface area contributed by atoms with Crippen molar-refractivity contribution in [2.24, 2.45) is 0 Å². The Morgan fingerprint density at radius 2 is 1.64 bits per heavy atom. The Morgan fingerprint density at radius 1 is 0.893 bits per heavy atom. The van der Waals surface area contributed by atoms with Crippen LogP contribution in [0.5, 0.6) is 11.5 Å². The van der Waals surface area contributed by atoms with E-state index in [0.717, 1.165) is 22.4 Å². The molecule has 146 valence electrons. The van der Waals surface area contributed by atoms with E-state index >= 15 is 0 Å². The Morgan fingerprint density at radius 3 is 2.39 bits per heavy atom. The number of rotatable bonds is 9. The molecule has 3 aromatic rings. The molecule has 0 aromatic heterocycles. The summed E-state index contributed by atoms with van der Waals surface area (Å²) in [5.41, 5.74) is 4.06. The third kappa shape index (κ3) is 5.33. The number of benzene rings is 3. The van der Waals surface area contributed by atoms with Crippen LogP contribution in [0.4, 0.5) is 4.39 Å². The molecule has 0 radical (unpaired) electrons. The molecule has 0 aliphatic rings. The molecule has 0 bridgehead atoms. The van der Waals surface area contributed by atoms with E-state index in [1.165, 1.54) is 11.6 Å². The molecule has 0 amide bonds. The SMILES string of the molecule is COc1cccc(CNCCc2ccccc2F)c1OCc1ccc(C)cc1. The van der Waals surface area contributed by atoms with Gasteiger partial charge < -0.3 is 14.8 Å². The number of hydrogen-bond donors (Lipinski definition) is 1. The lowest BCUT2D eigenvalue weighted by Crippen LogP contribution is -2.18. The molecule has 0 heterocycles. The van der Waals surface area contributed by atoms with E-state index in [1.807, 2.05) is 30.3 Å². The average Bonchev–Trinajstić information content (AvgIpc) is 2.72. The van der Waals surface area contributed by atoms with Crippen molar-refractivity contribution in [2.75, 3.05) is 13.7 Å². The third-order valence-electron chi connectivity index (χ3n) is 4.63. The minimum absolute atomic E-state index is 0.159. The van der Waals surface area contributed by atoms with E-state index in [4.69, 9.17) is 9.47 Å². The number of ether oxygens (including phenoxy) is 2. The lowest BCUT2D eigenvalue weighted by molar-refractivity contribution is 0.280. The molecule has 0 saturated carbocycles. The summed E-state index contributed by atoms with van der Waals surface area (Å²) in [5, 5.41) is 3.37. The Kier molecular flexibility index (Phi) is 7.04. The van der Waals surface area contributed by atoms with Gasteiger partial charge in [0.05, 0.1) is 7.11 Å². The number of nitrogens with one attached hydrogen (secondary N) is 1. The zero-order valence-electron chi connectivity index (χ0n) is 16.4. The van der Waals surface area contributed by atoms with Gasteiger partial charge in [-0.05, 0) is 43.1 Å². The zero-order valence-corrected chi connectivity index (χ0v) is 16.4. The summed E-state index contributed by atoms with van der Waals surface area (Å²) in [7, 11) is 1.64. The van der Waals surface area contributed by atoms with Crippen molar-refractivity contribution in [3.05, 3.63) is 94.8 Å². The molecule has 1 N–H and O–H groups in total. The monoisotopic (exact) mass is 379 g/mol. The zero-order chi connectivity index (χ0) is 19.8.